The van der Waals surface area contributed by atoms with Gasteiger partial charge in [0.05, 0.1) is 24.4 Å². The van der Waals surface area contributed by atoms with Gasteiger partial charge in [-0.05, 0) is 31.0 Å². The molecule has 8 nitrogen and oxygen atoms in total. The van der Waals surface area contributed by atoms with Gasteiger partial charge in [0.15, 0.2) is 0 Å². The molecule has 0 spiro atoms. The number of rotatable bonds is 8. The Morgan fingerprint density at radius 2 is 2.03 bits per heavy atom. The number of aromatic amines is 1. The molecular weight excluding hydrogens is 370 g/mol. The molecule has 0 fully saturated rings. The molecule has 1 aromatic carbocycles. The maximum atomic E-state index is 12.6. The van der Waals surface area contributed by atoms with Crippen LogP contribution in [0.3, 0.4) is 0 Å². The van der Waals surface area contributed by atoms with Crippen molar-refractivity contribution in [1.82, 2.24) is 20.3 Å². The maximum absolute atomic E-state index is 12.6. The number of H-pyrrole nitrogens is 1. The van der Waals surface area contributed by atoms with Gasteiger partial charge in [-0.15, -0.1) is 0 Å². The lowest BCUT2D eigenvalue weighted by molar-refractivity contribution is 0.0911. The number of nitrogens with one attached hydrogen (secondary N) is 3. The lowest BCUT2D eigenvalue weighted by Crippen LogP contribution is -2.30. The number of carbonyl (C=O) groups excluding carboxylic acids is 1. The molecular formula is C21H25N5O3. The van der Waals surface area contributed by atoms with E-state index in [2.05, 4.69) is 25.6 Å². The summed E-state index contributed by atoms with van der Waals surface area (Å²) in [5.74, 6) is 0.0847. The van der Waals surface area contributed by atoms with E-state index >= 15 is 0 Å². The van der Waals surface area contributed by atoms with Crippen molar-refractivity contribution >= 4 is 11.9 Å². The Kier molecular flexibility index (Phi) is 6.58. The summed E-state index contributed by atoms with van der Waals surface area (Å²) >= 11 is 0. The standard InChI is InChI=1S/C21H25N5O3/c1-13-9-23-21(24-10-14(2)28)26-19(13)16-8-17(22-11-16)20(29)25-18(12-27)15-6-4-3-5-7-15/h3-9,11,14,18,22,27-28H,10,12H2,1-2H3,(H,25,29)(H,23,24,26)/t14-,18-/m1/s1. The van der Waals surface area contributed by atoms with E-state index in [9.17, 15) is 15.0 Å². The van der Waals surface area contributed by atoms with Crippen LogP contribution in [0.25, 0.3) is 11.3 Å². The van der Waals surface area contributed by atoms with E-state index in [1.807, 2.05) is 37.3 Å². The minimum atomic E-state index is -0.519. The molecule has 0 saturated carbocycles. The van der Waals surface area contributed by atoms with Crippen LogP contribution in [-0.4, -0.2) is 50.3 Å². The molecule has 8 heteroatoms. The zero-order valence-electron chi connectivity index (χ0n) is 16.4. The first kappa shape index (κ1) is 20.5. The molecule has 1 amide bonds. The molecule has 5 N–H and O–H groups in total. The van der Waals surface area contributed by atoms with Crippen LogP contribution in [0.15, 0.2) is 48.8 Å². The van der Waals surface area contributed by atoms with Gasteiger partial charge in [0.25, 0.3) is 5.91 Å². The van der Waals surface area contributed by atoms with Gasteiger partial charge < -0.3 is 25.8 Å². The third-order valence-corrected chi connectivity index (χ3v) is 4.42. The topological polar surface area (TPSA) is 123 Å². The van der Waals surface area contributed by atoms with E-state index in [1.54, 1.807) is 25.4 Å². The summed E-state index contributed by atoms with van der Waals surface area (Å²) in [4.78, 5) is 24.3. The average molecular weight is 395 g/mol. The minimum absolute atomic E-state index is 0.202. The Bertz CT molecular complexity index is 956. The van der Waals surface area contributed by atoms with Crippen LogP contribution in [0.2, 0.25) is 0 Å². The fraction of sp³-hybridized carbons (Fsp3) is 0.286. The van der Waals surface area contributed by atoms with Crippen LogP contribution < -0.4 is 10.6 Å². The molecule has 3 rings (SSSR count). The van der Waals surface area contributed by atoms with Gasteiger partial charge in [-0.3, -0.25) is 4.79 Å². The second-order valence-electron chi connectivity index (χ2n) is 6.88. The van der Waals surface area contributed by atoms with E-state index in [-0.39, 0.29) is 12.5 Å². The summed E-state index contributed by atoms with van der Waals surface area (Å²) in [6.45, 7) is 3.70. The first-order valence-corrected chi connectivity index (χ1v) is 9.39. The Morgan fingerprint density at radius 1 is 1.28 bits per heavy atom. The van der Waals surface area contributed by atoms with Crippen LogP contribution in [-0.2, 0) is 0 Å². The number of aryl methyl sites for hydroxylation is 1. The largest absolute Gasteiger partial charge is 0.394 e. The molecule has 3 aromatic rings. The van der Waals surface area contributed by atoms with Crippen molar-refractivity contribution in [3.05, 3.63) is 65.6 Å². The second kappa shape index (κ2) is 9.31. The number of aromatic nitrogens is 3. The SMILES string of the molecule is Cc1cnc(NC[C@@H](C)O)nc1-c1c[nH]c(C(=O)N[C@H](CO)c2ccccc2)c1. The molecule has 152 valence electrons. The summed E-state index contributed by atoms with van der Waals surface area (Å²) in [6.07, 6.45) is 2.88. The fourth-order valence-electron chi connectivity index (χ4n) is 2.88. The number of amides is 1. The van der Waals surface area contributed by atoms with Gasteiger partial charge in [-0.2, -0.15) is 0 Å². The highest BCUT2D eigenvalue weighted by Crippen LogP contribution is 2.23. The summed E-state index contributed by atoms with van der Waals surface area (Å²) in [6, 6.07) is 10.5. The molecule has 0 unspecified atom stereocenters. The van der Waals surface area contributed by atoms with Gasteiger partial charge in [-0.25, -0.2) is 9.97 Å². The molecule has 29 heavy (non-hydrogen) atoms. The lowest BCUT2D eigenvalue weighted by atomic mass is 10.1. The van der Waals surface area contributed by atoms with Gasteiger partial charge in [0, 0.05) is 24.5 Å². The van der Waals surface area contributed by atoms with Crippen molar-refractivity contribution in [2.75, 3.05) is 18.5 Å². The number of nitrogens with zero attached hydrogens (tertiary/aromatic N) is 2. The first-order chi connectivity index (χ1) is 14.0. The Labute approximate surface area is 169 Å². The predicted octanol–water partition coefficient (Wildman–Crippen LogP) is 2.04. The summed E-state index contributed by atoms with van der Waals surface area (Å²) in [5.41, 5.74) is 3.48. The maximum Gasteiger partial charge on any atom is 0.268 e. The third kappa shape index (κ3) is 5.18. The number of aliphatic hydroxyl groups excluding tert-OH is 2. The molecule has 0 aliphatic carbocycles. The number of benzene rings is 1. The minimum Gasteiger partial charge on any atom is -0.394 e. The summed E-state index contributed by atoms with van der Waals surface area (Å²) < 4.78 is 0. The second-order valence-corrected chi connectivity index (χ2v) is 6.88. The summed E-state index contributed by atoms with van der Waals surface area (Å²) in [7, 11) is 0. The molecule has 2 atom stereocenters. The van der Waals surface area contributed by atoms with Crippen molar-refractivity contribution in [2.45, 2.75) is 26.0 Å². The molecule has 2 heterocycles. The Hall–Kier alpha value is -3.23. The lowest BCUT2D eigenvalue weighted by Gasteiger charge is -2.16. The third-order valence-electron chi connectivity index (χ3n) is 4.42. The van der Waals surface area contributed by atoms with Gasteiger partial charge in [-0.1, -0.05) is 30.3 Å². The van der Waals surface area contributed by atoms with E-state index in [4.69, 9.17) is 0 Å². The Balaban J connectivity index is 1.76. The molecule has 0 aliphatic rings. The number of carbonyl (C=O) groups is 1. The number of hydrogen-bond acceptors (Lipinski definition) is 6. The highest BCUT2D eigenvalue weighted by molar-refractivity contribution is 5.94. The zero-order valence-corrected chi connectivity index (χ0v) is 16.4. The molecule has 0 radical (unpaired) electrons. The molecule has 0 bridgehead atoms. The normalized spacial score (nSPS) is 13.0. The van der Waals surface area contributed by atoms with Crippen molar-refractivity contribution < 1.29 is 15.0 Å². The van der Waals surface area contributed by atoms with Crippen molar-refractivity contribution in [3.63, 3.8) is 0 Å². The van der Waals surface area contributed by atoms with E-state index in [0.717, 1.165) is 16.7 Å². The average Bonchev–Trinajstić information content (AvgIpc) is 3.22. The predicted molar refractivity (Wildman–Crippen MR) is 110 cm³/mol. The highest BCUT2D eigenvalue weighted by atomic mass is 16.3. The fourth-order valence-corrected chi connectivity index (χ4v) is 2.88. The van der Waals surface area contributed by atoms with Crippen LogP contribution in [0.1, 0.15) is 34.6 Å². The van der Waals surface area contributed by atoms with Crippen molar-refractivity contribution in [3.8, 4) is 11.3 Å². The van der Waals surface area contributed by atoms with Crippen LogP contribution in [0.4, 0.5) is 5.95 Å². The van der Waals surface area contributed by atoms with Gasteiger partial charge in [0.1, 0.15) is 5.69 Å². The highest BCUT2D eigenvalue weighted by Gasteiger charge is 2.17. The number of hydrogen-bond donors (Lipinski definition) is 5. The molecule has 2 aromatic heterocycles. The zero-order chi connectivity index (χ0) is 20.8. The monoisotopic (exact) mass is 395 g/mol. The number of aliphatic hydroxyl groups is 2. The van der Waals surface area contributed by atoms with Crippen LogP contribution >= 0.6 is 0 Å². The summed E-state index contributed by atoms with van der Waals surface area (Å²) in [5, 5.41) is 24.9. The Morgan fingerprint density at radius 3 is 2.72 bits per heavy atom. The first-order valence-electron chi connectivity index (χ1n) is 9.39. The van der Waals surface area contributed by atoms with Gasteiger partial charge >= 0.3 is 0 Å². The van der Waals surface area contributed by atoms with Crippen LogP contribution in [0, 0.1) is 6.92 Å². The van der Waals surface area contributed by atoms with E-state index in [1.165, 1.54) is 0 Å². The molecule has 0 aliphatic heterocycles. The van der Waals surface area contributed by atoms with Crippen LogP contribution in [0.5, 0.6) is 0 Å². The van der Waals surface area contributed by atoms with E-state index < -0.39 is 12.1 Å². The van der Waals surface area contributed by atoms with Gasteiger partial charge in [0.2, 0.25) is 5.95 Å². The molecule has 0 saturated heterocycles. The number of anilines is 1. The van der Waals surface area contributed by atoms with Crippen molar-refractivity contribution in [2.24, 2.45) is 0 Å². The van der Waals surface area contributed by atoms with E-state index in [0.29, 0.717) is 23.9 Å². The van der Waals surface area contributed by atoms with Crippen molar-refractivity contribution in [1.29, 1.82) is 0 Å². The smallest absolute Gasteiger partial charge is 0.268 e. The quantitative estimate of drug-likeness (QED) is 0.398.